The minimum atomic E-state index is -3.78. The first-order valence-electron chi connectivity index (χ1n) is 8.03. The third-order valence-corrected chi connectivity index (χ3v) is 5.89. The number of aromatic nitrogens is 2. The van der Waals surface area contributed by atoms with Crippen LogP contribution in [0, 0.1) is 5.92 Å². The van der Waals surface area contributed by atoms with E-state index < -0.39 is 10.0 Å². The average molecular weight is 376 g/mol. The molecular weight excluding hydrogens is 354 g/mol. The number of primary sulfonamides is 1. The molecule has 0 aliphatic rings. The van der Waals surface area contributed by atoms with Gasteiger partial charge in [0, 0.05) is 27.7 Å². The lowest BCUT2D eigenvalue weighted by atomic mass is 10.0. The molecule has 0 saturated heterocycles. The summed E-state index contributed by atoms with van der Waals surface area (Å²) in [5.74, 6) is 0.494. The van der Waals surface area contributed by atoms with E-state index in [4.69, 9.17) is 5.14 Å². The molecule has 132 valence electrons. The van der Waals surface area contributed by atoms with Crippen molar-refractivity contribution in [3.8, 4) is 10.4 Å². The van der Waals surface area contributed by atoms with Crippen LogP contribution in [0.1, 0.15) is 24.3 Å². The van der Waals surface area contributed by atoms with Crippen LogP contribution in [0.15, 0.2) is 53.9 Å². The van der Waals surface area contributed by atoms with Crippen LogP contribution in [-0.4, -0.2) is 18.0 Å². The molecule has 2 heterocycles. The molecular formula is C18H21N3O2S2. The van der Waals surface area contributed by atoms with Crippen LogP contribution in [0.2, 0.25) is 0 Å². The SMILES string of the molecule is CC(C)Cc1ccc(S(N)(=O)=O)c(-c2ccc(Cn3ccnc3)s2)c1. The molecule has 0 saturated carbocycles. The molecule has 0 radical (unpaired) electrons. The van der Waals surface area contributed by atoms with E-state index in [0.717, 1.165) is 21.7 Å². The Hall–Kier alpha value is -1.96. The maximum atomic E-state index is 12.0. The average Bonchev–Trinajstić information content (AvgIpc) is 3.17. The van der Waals surface area contributed by atoms with Crippen molar-refractivity contribution in [2.75, 3.05) is 0 Å². The highest BCUT2D eigenvalue weighted by atomic mass is 32.2. The van der Waals surface area contributed by atoms with Crippen molar-refractivity contribution < 1.29 is 8.42 Å². The van der Waals surface area contributed by atoms with E-state index in [1.807, 2.05) is 35.0 Å². The van der Waals surface area contributed by atoms with Gasteiger partial charge in [-0.3, -0.25) is 0 Å². The summed E-state index contributed by atoms with van der Waals surface area (Å²) < 4.78 is 26.0. The Bertz CT molecular complexity index is 958. The van der Waals surface area contributed by atoms with E-state index >= 15 is 0 Å². The van der Waals surface area contributed by atoms with Crippen LogP contribution < -0.4 is 5.14 Å². The van der Waals surface area contributed by atoms with Crippen molar-refractivity contribution >= 4 is 21.4 Å². The van der Waals surface area contributed by atoms with Gasteiger partial charge in [-0.2, -0.15) is 0 Å². The molecule has 0 fully saturated rings. The zero-order chi connectivity index (χ0) is 18.0. The van der Waals surface area contributed by atoms with E-state index in [9.17, 15) is 8.42 Å². The molecule has 2 aromatic heterocycles. The minimum Gasteiger partial charge on any atom is -0.332 e. The topological polar surface area (TPSA) is 78.0 Å². The first-order chi connectivity index (χ1) is 11.8. The smallest absolute Gasteiger partial charge is 0.238 e. The number of nitrogens with two attached hydrogens (primary N) is 1. The lowest BCUT2D eigenvalue weighted by Crippen LogP contribution is -2.13. The second-order valence-corrected chi connectivity index (χ2v) is 9.17. The molecule has 3 aromatic rings. The van der Waals surface area contributed by atoms with Crippen molar-refractivity contribution in [3.63, 3.8) is 0 Å². The van der Waals surface area contributed by atoms with Crippen LogP contribution in [0.25, 0.3) is 10.4 Å². The first kappa shape index (κ1) is 17.8. The second-order valence-electron chi connectivity index (χ2n) is 6.47. The number of rotatable bonds is 6. The van der Waals surface area contributed by atoms with Crippen LogP contribution >= 0.6 is 11.3 Å². The Morgan fingerprint density at radius 1 is 1.24 bits per heavy atom. The van der Waals surface area contributed by atoms with E-state index in [1.165, 1.54) is 0 Å². The third kappa shape index (κ3) is 4.36. The van der Waals surface area contributed by atoms with Crippen molar-refractivity contribution in [1.29, 1.82) is 0 Å². The number of imidazole rings is 1. The Kier molecular flexibility index (Phi) is 5.08. The van der Waals surface area contributed by atoms with Gasteiger partial charge in [0.15, 0.2) is 0 Å². The molecule has 0 aliphatic heterocycles. The van der Waals surface area contributed by atoms with Gasteiger partial charge in [0.2, 0.25) is 10.0 Å². The largest absolute Gasteiger partial charge is 0.332 e. The third-order valence-electron chi connectivity index (χ3n) is 3.82. The normalized spacial score (nSPS) is 12.0. The standard InChI is InChI=1S/C18H21N3O2S2/c1-13(2)9-14-3-6-18(25(19,22)23)16(10-14)17-5-4-15(24-17)11-21-8-7-20-12-21/h3-8,10,12-13H,9,11H2,1-2H3,(H2,19,22,23). The molecule has 7 heteroatoms. The van der Waals surface area contributed by atoms with Gasteiger partial charge in [-0.25, -0.2) is 18.5 Å². The second kappa shape index (κ2) is 7.11. The molecule has 2 N–H and O–H groups in total. The molecule has 0 spiro atoms. The van der Waals surface area contributed by atoms with Gasteiger partial charge in [-0.15, -0.1) is 11.3 Å². The number of thiophene rings is 1. The van der Waals surface area contributed by atoms with Crippen LogP contribution in [0.3, 0.4) is 0 Å². The van der Waals surface area contributed by atoms with Gasteiger partial charge in [0.25, 0.3) is 0 Å². The molecule has 0 unspecified atom stereocenters. The lowest BCUT2D eigenvalue weighted by Gasteiger charge is -2.11. The highest BCUT2D eigenvalue weighted by molar-refractivity contribution is 7.89. The molecule has 0 atom stereocenters. The van der Waals surface area contributed by atoms with E-state index in [2.05, 4.69) is 18.8 Å². The summed E-state index contributed by atoms with van der Waals surface area (Å²) in [7, 11) is -3.78. The summed E-state index contributed by atoms with van der Waals surface area (Å²) in [6.07, 6.45) is 6.30. The summed E-state index contributed by atoms with van der Waals surface area (Å²) in [6, 6.07) is 9.40. The Labute approximate surface area is 152 Å². The maximum absolute atomic E-state index is 12.0. The number of nitrogens with zero attached hydrogens (tertiary/aromatic N) is 2. The van der Waals surface area contributed by atoms with Crippen LogP contribution in [0.4, 0.5) is 0 Å². The lowest BCUT2D eigenvalue weighted by molar-refractivity contribution is 0.598. The van der Waals surface area contributed by atoms with Crippen molar-refractivity contribution in [3.05, 3.63) is 59.5 Å². The number of sulfonamides is 1. The van der Waals surface area contributed by atoms with Gasteiger partial charge in [0.05, 0.1) is 17.8 Å². The summed E-state index contributed by atoms with van der Waals surface area (Å²) in [6.45, 7) is 4.99. The summed E-state index contributed by atoms with van der Waals surface area (Å²) in [5.41, 5.74) is 1.80. The van der Waals surface area contributed by atoms with Gasteiger partial charge < -0.3 is 4.57 Å². The highest BCUT2D eigenvalue weighted by Crippen LogP contribution is 2.34. The fourth-order valence-electron chi connectivity index (χ4n) is 2.78. The molecule has 1 aromatic carbocycles. The Morgan fingerprint density at radius 3 is 2.68 bits per heavy atom. The molecule has 0 bridgehead atoms. The molecule has 25 heavy (non-hydrogen) atoms. The van der Waals surface area contributed by atoms with Crippen molar-refractivity contribution in [2.45, 2.75) is 31.7 Å². The molecule has 5 nitrogen and oxygen atoms in total. The number of benzene rings is 1. The van der Waals surface area contributed by atoms with Crippen LogP contribution in [0.5, 0.6) is 0 Å². The highest BCUT2D eigenvalue weighted by Gasteiger charge is 2.17. The number of hydrogen-bond acceptors (Lipinski definition) is 4. The Morgan fingerprint density at radius 2 is 2.04 bits per heavy atom. The van der Waals surface area contributed by atoms with Gasteiger partial charge >= 0.3 is 0 Å². The first-order valence-corrected chi connectivity index (χ1v) is 10.4. The monoisotopic (exact) mass is 375 g/mol. The Balaban J connectivity index is 2.00. The number of hydrogen-bond donors (Lipinski definition) is 1. The molecule has 3 rings (SSSR count). The van der Waals surface area contributed by atoms with E-state index in [-0.39, 0.29) is 4.90 Å². The van der Waals surface area contributed by atoms with E-state index in [0.29, 0.717) is 18.0 Å². The van der Waals surface area contributed by atoms with Gasteiger partial charge in [0.1, 0.15) is 0 Å². The van der Waals surface area contributed by atoms with Gasteiger partial charge in [-0.1, -0.05) is 19.9 Å². The molecule has 0 aliphatic carbocycles. The zero-order valence-electron chi connectivity index (χ0n) is 14.2. The van der Waals surface area contributed by atoms with E-state index in [1.54, 1.807) is 29.9 Å². The fourth-order valence-corrected chi connectivity index (χ4v) is 4.63. The minimum absolute atomic E-state index is 0.177. The van der Waals surface area contributed by atoms with Crippen molar-refractivity contribution in [2.24, 2.45) is 11.1 Å². The molecule has 0 amide bonds. The maximum Gasteiger partial charge on any atom is 0.238 e. The van der Waals surface area contributed by atoms with Crippen LogP contribution in [-0.2, 0) is 23.0 Å². The zero-order valence-corrected chi connectivity index (χ0v) is 15.8. The predicted octanol–water partition coefficient (Wildman–Crippen LogP) is 3.51. The fraction of sp³-hybridized carbons (Fsp3) is 0.278. The summed E-state index contributed by atoms with van der Waals surface area (Å²) in [5, 5.41) is 5.43. The van der Waals surface area contributed by atoms with Crippen molar-refractivity contribution in [1.82, 2.24) is 9.55 Å². The van der Waals surface area contributed by atoms with Gasteiger partial charge in [-0.05, 0) is 42.2 Å². The summed E-state index contributed by atoms with van der Waals surface area (Å²) >= 11 is 1.57. The quantitative estimate of drug-likeness (QED) is 0.716. The summed E-state index contributed by atoms with van der Waals surface area (Å²) in [4.78, 5) is 6.25. The predicted molar refractivity (Wildman–Crippen MR) is 101 cm³/mol.